The number of carbonyl (C=O) groups excluding carboxylic acids is 2. The first-order valence-electron chi connectivity index (χ1n) is 8.34. The van der Waals surface area contributed by atoms with Gasteiger partial charge in [0.15, 0.2) is 5.96 Å². The van der Waals surface area contributed by atoms with Crippen LogP contribution < -0.4 is 10.6 Å². The summed E-state index contributed by atoms with van der Waals surface area (Å²) in [4.78, 5) is 29.5. The molecule has 24 heavy (non-hydrogen) atoms. The molecule has 0 aromatic heterocycles. The largest absolute Gasteiger partial charge is 0.469 e. The molecule has 0 bridgehead atoms. The van der Waals surface area contributed by atoms with Crippen LogP contribution in [0.25, 0.3) is 0 Å². The van der Waals surface area contributed by atoms with E-state index in [0.717, 1.165) is 25.5 Å². The fourth-order valence-corrected chi connectivity index (χ4v) is 2.33. The zero-order chi connectivity index (χ0) is 18.2. The summed E-state index contributed by atoms with van der Waals surface area (Å²) < 4.78 is 9.90. The molecule has 8 nitrogen and oxygen atoms in total. The highest BCUT2D eigenvalue weighted by molar-refractivity contribution is 5.81. The van der Waals surface area contributed by atoms with Crippen LogP contribution in [0.1, 0.15) is 40.5 Å². The smallest absolute Gasteiger partial charge is 0.407 e. The summed E-state index contributed by atoms with van der Waals surface area (Å²) in [5.41, 5.74) is -0.507. The van der Waals surface area contributed by atoms with E-state index in [1.807, 2.05) is 27.7 Å². The number of amides is 1. The third kappa shape index (κ3) is 7.52. The van der Waals surface area contributed by atoms with Gasteiger partial charge in [0.1, 0.15) is 5.60 Å². The molecule has 0 radical (unpaired) electrons. The first kappa shape index (κ1) is 20.1. The van der Waals surface area contributed by atoms with Crippen LogP contribution in [-0.2, 0) is 14.3 Å². The molecule has 0 aromatic rings. The van der Waals surface area contributed by atoms with Crippen molar-refractivity contribution in [1.29, 1.82) is 0 Å². The number of aliphatic imine (C=N–C) groups is 1. The summed E-state index contributed by atoms with van der Waals surface area (Å²) in [6.45, 7) is 10.0. The average Bonchev–Trinajstić information content (AvgIpc) is 2.92. The lowest BCUT2D eigenvalue weighted by Gasteiger charge is -2.23. The van der Waals surface area contributed by atoms with E-state index in [1.54, 1.807) is 0 Å². The van der Waals surface area contributed by atoms with Crippen molar-refractivity contribution >= 4 is 18.0 Å². The number of carbonyl (C=O) groups is 2. The lowest BCUT2D eigenvalue weighted by atomic mass is 10.2. The minimum absolute atomic E-state index is 0.0179. The summed E-state index contributed by atoms with van der Waals surface area (Å²) in [7, 11) is 1.37. The molecule has 0 aromatic carbocycles. The van der Waals surface area contributed by atoms with Gasteiger partial charge in [0.25, 0.3) is 0 Å². The summed E-state index contributed by atoms with van der Waals surface area (Å²) in [6, 6.07) is 0.0179. The number of methoxy groups -OCH3 is 1. The van der Waals surface area contributed by atoms with Crippen LogP contribution >= 0.6 is 0 Å². The molecular formula is C16H30N4O4. The Bertz CT molecular complexity index is 459. The SMILES string of the molecule is CCNC(=NCCC(=O)OC)N1CCC(NC(=O)OC(C)(C)C)C1. The van der Waals surface area contributed by atoms with Gasteiger partial charge in [-0.1, -0.05) is 0 Å². The Hall–Kier alpha value is -1.99. The summed E-state index contributed by atoms with van der Waals surface area (Å²) in [5.74, 6) is 0.468. The highest BCUT2D eigenvalue weighted by atomic mass is 16.6. The predicted octanol–water partition coefficient (Wildman–Crippen LogP) is 1.11. The second kappa shape index (κ2) is 9.34. The minimum atomic E-state index is -0.507. The Morgan fingerprint density at radius 1 is 1.33 bits per heavy atom. The molecule has 8 heteroatoms. The number of alkyl carbamates (subject to hydrolysis) is 1. The Balaban J connectivity index is 2.52. The molecule has 138 valence electrons. The molecule has 0 spiro atoms. The van der Waals surface area contributed by atoms with E-state index in [4.69, 9.17) is 4.74 Å². The van der Waals surface area contributed by atoms with Crippen LogP contribution in [0, 0.1) is 0 Å². The Morgan fingerprint density at radius 3 is 2.62 bits per heavy atom. The van der Waals surface area contributed by atoms with Crippen LogP contribution in [0.3, 0.4) is 0 Å². The molecule has 1 saturated heterocycles. The third-order valence-electron chi connectivity index (χ3n) is 3.35. The molecule has 1 amide bonds. The molecule has 1 aliphatic rings. The van der Waals surface area contributed by atoms with E-state index < -0.39 is 11.7 Å². The number of nitrogens with zero attached hydrogens (tertiary/aromatic N) is 2. The van der Waals surface area contributed by atoms with Crippen molar-refractivity contribution in [2.75, 3.05) is 33.3 Å². The number of hydrogen-bond acceptors (Lipinski definition) is 5. The molecule has 1 fully saturated rings. The molecule has 1 rings (SSSR count). The summed E-state index contributed by atoms with van der Waals surface area (Å²) in [5, 5.41) is 6.09. The lowest BCUT2D eigenvalue weighted by molar-refractivity contribution is -0.140. The molecule has 1 heterocycles. The number of rotatable bonds is 5. The predicted molar refractivity (Wildman–Crippen MR) is 92.0 cm³/mol. The molecule has 1 aliphatic heterocycles. The number of guanidine groups is 1. The van der Waals surface area contributed by atoms with Crippen molar-refractivity contribution in [2.45, 2.75) is 52.2 Å². The molecule has 1 unspecified atom stereocenters. The van der Waals surface area contributed by atoms with Crippen molar-refractivity contribution in [3.8, 4) is 0 Å². The van der Waals surface area contributed by atoms with Gasteiger partial charge in [-0.15, -0.1) is 0 Å². The Labute approximate surface area is 144 Å². The van der Waals surface area contributed by atoms with Crippen LogP contribution in [0.2, 0.25) is 0 Å². The van der Waals surface area contributed by atoms with E-state index in [-0.39, 0.29) is 18.4 Å². The Kier molecular flexibility index (Phi) is 7.81. The summed E-state index contributed by atoms with van der Waals surface area (Å²) >= 11 is 0. The molecule has 1 atom stereocenters. The van der Waals surface area contributed by atoms with Gasteiger partial charge < -0.3 is 25.0 Å². The van der Waals surface area contributed by atoms with Gasteiger partial charge in [-0.05, 0) is 34.1 Å². The van der Waals surface area contributed by atoms with Gasteiger partial charge in [0.05, 0.1) is 26.1 Å². The van der Waals surface area contributed by atoms with Crippen LogP contribution in [0.4, 0.5) is 4.79 Å². The second-order valence-electron chi connectivity index (χ2n) is 6.64. The van der Waals surface area contributed by atoms with E-state index in [2.05, 4.69) is 25.3 Å². The normalized spacial score (nSPS) is 18.3. The number of nitrogens with one attached hydrogen (secondary N) is 2. The molecular weight excluding hydrogens is 312 g/mol. The number of ether oxygens (including phenoxy) is 2. The van der Waals surface area contributed by atoms with Gasteiger partial charge in [-0.3, -0.25) is 9.79 Å². The highest BCUT2D eigenvalue weighted by Gasteiger charge is 2.27. The van der Waals surface area contributed by atoms with Crippen LogP contribution in [-0.4, -0.2) is 67.9 Å². The minimum Gasteiger partial charge on any atom is -0.469 e. The van der Waals surface area contributed by atoms with Crippen molar-refractivity contribution in [3.05, 3.63) is 0 Å². The zero-order valence-electron chi connectivity index (χ0n) is 15.3. The van der Waals surface area contributed by atoms with Crippen molar-refractivity contribution in [2.24, 2.45) is 4.99 Å². The topological polar surface area (TPSA) is 92.3 Å². The summed E-state index contributed by atoms with van der Waals surface area (Å²) in [6.07, 6.45) is 0.668. The first-order valence-corrected chi connectivity index (χ1v) is 8.34. The Morgan fingerprint density at radius 2 is 2.04 bits per heavy atom. The first-order chi connectivity index (χ1) is 11.2. The maximum absolute atomic E-state index is 11.8. The monoisotopic (exact) mass is 342 g/mol. The molecule has 0 aliphatic carbocycles. The standard InChI is InChI=1S/C16H30N4O4/c1-6-17-14(18-9-7-13(21)23-5)20-10-8-12(11-20)19-15(22)24-16(2,3)4/h12H,6-11H2,1-5H3,(H,17,18)(H,19,22). The fraction of sp³-hybridized carbons (Fsp3) is 0.812. The quantitative estimate of drug-likeness (QED) is 0.442. The number of esters is 1. The number of hydrogen-bond donors (Lipinski definition) is 2. The van der Waals surface area contributed by atoms with Gasteiger partial charge in [-0.25, -0.2) is 4.79 Å². The second-order valence-corrected chi connectivity index (χ2v) is 6.64. The van der Waals surface area contributed by atoms with Crippen molar-refractivity contribution < 1.29 is 19.1 Å². The maximum Gasteiger partial charge on any atom is 0.407 e. The third-order valence-corrected chi connectivity index (χ3v) is 3.35. The van der Waals surface area contributed by atoms with E-state index in [9.17, 15) is 9.59 Å². The van der Waals surface area contributed by atoms with Crippen LogP contribution in [0.5, 0.6) is 0 Å². The fourth-order valence-electron chi connectivity index (χ4n) is 2.33. The van der Waals surface area contributed by atoms with Crippen LogP contribution in [0.15, 0.2) is 4.99 Å². The van der Waals surface area contributed by atoms with Gasteiger partial charge in [0, 0.05) is 19.6 Å². The van der Waals surface area contributed by atoms with E-state index in [1.165, 1.54) is 7.11 Å². The van der Waals surface area contributed by atoms with Crippen molar-refractivity contribution in [1.82, 2.24) is 15.5 Å². The zero-order valence-corrected chi connectivity index (χ0v) is 15.3. The van der Waals surface area contributed by atoms with Crippen molar-refractivity contribution in [3.63, 3.8) is 0 Å². The van der Waals surface area contributed by atoms with E-state index >= 15 is 0 Å². The average molecular weight is 342 g/mol. The lowest BCUT2D eigenvalue weighted by Crippen LogP contribution is -2.44. The number of likely N-dealkylation sites (tertiary alicyclic amines) is 1. The van der Waals surface area contributed by atoms with Gasteiger partial charge in [0.2, 0.25) is 0 Å². The van der Waals surface area contributed by atoms with Gasteiger partial charge >= 0.3 is 12.1 Å². The van der Waals surface area contributed by atoms with E-state index in [0.29, 0.717) is 13.1 Å². The van der Waals surface area contributed by atoms with Gasteiger partial charge in [-0.2, -0.15) is 0 Å². The molecule has 0 saturated carbocycles. The molecule has 2 N–H and O–H groups in total. The maximum atomic E-state index is 11.8. The highest BCUT2D eigenvalue weighted by Crippen LogP contribution is 2.12.